The zero-order valence-electron chi connectivity index (χ0n) is 17.0. The Labute approximate surface area is 175 Å². The molecule has 1 aliphatic carbocycles. The van der Waals surface area contributed by atoms with Gasteiger partial charge in [-0.05, 0) is 56.3 Å². The third-order valence-corrected chi connectivity index (χ3v) is 7.33. The third kappa shape index (κ3) is 3.14. The molecule has 1 saturated carbocycles. The van der Waals surface area contributed by atoms with Gasteiger partial charge in [-0.2, -0.15) is 0 Å². The van der Waals surface area contributed by atoms with Crippen molar-refractivity contribution in [3.63, 3.8) is 0 Å². The Morgan fingerprint density at radius 1 is 1.13 bits per heavy atom. The molecule has 8 nitrogen and oxygen atoms in total. The number of carbonyl (C=O) groups is 3. The molecule has 8 heteroatoms. The van der Waals surface area contributed by atoms with Gasteiger partial charge in [0.05, 0.1) is 5.60 Å². The number of hydrogen-bond donors (Lipinski definition) is 4. The Morgan fingerprint density at radius 3 is 2.60 bits per heavy atom. The molecule has 3 heterocycles. The highest BCUT2D eigenvalue weighted by Gasteiger charge is 2.58. The van der Waals surface area contributed by atoms with Crippen molar-refractivity contribution in [2.75, 3.05) is 13.1 Å². The number of benzene rings is 1. The quantitative estimate of drug-likeness (QED) is 0.514. The van der Waals surface area contributed by atoms with E-state index in [-0.39, 0.29) is 23.8 Å². The number of amides is 3. The van der Waals surface area contributed by atoms with Gasteiger partial charge in [0, 0.05) is 30.6 Å². The van der Waals surface area contributed by atoms with E-state index in [0.717, 1.165) is 49.9 Å². The monoisotopic (exact) mass is 412 g/mol. The molecule has 3 fully saturated rings. The first-order chi connectivity index (χ1) is 14.4. The predicted octanol–water partition coefficient (Wildman–Crippen LogP) is 0.184. The van der Waals surface area contributed by atoms with Gasteiger partial charge < -0.3 is 20.6 Å². The molecule has 0 spiro atoms. The molecule has 0 radical (unpaired) electrons. The molecule has 3 amide bonds. The largest absolute Gasteiger partial charge is 0.388 e. The smallest absolute Gasteiger partial charge is 0.255 e. The topological polar surface area (TPSA) is 111 Å². The summed E-state index contributed by atoms with van der Waals surface area (Å²) in [5.41, 5.74) is 1.48. The molecule has 4 N–H and O–H groups in total. The number of nitrogens with zero attached hydrogens (tertiary/aromatic N) is 1. The second-order valence-corrected chi connectivity index (χ2v) is 9.07. The Bertz CT molecular complexity index is 904. The first-order valence-corrected chi connectivity index (χ1v) is 10.9. The van der Waals surface area contributed by atoms with Crippen LogP contribution >= 0.6 is 0 Å². The molecule has 2 saturated heterocycles. The van der Waals surface area contributed by atoms with E-state index in [1.165, 1.54) is 0 Å². The number of hydrogen-bond acceptors (Lipinski definition) is 6. The van der Waals surface area contributed by atoms with E-state index in [0.29, 0.717) is 25.1 Å². The van der Waals surface area contributed by atoms with Gasteiger partial charge in [0.15, 0.2) is 0 Å². The summed E-state index contributed by atoms with van der Waals surface area (Å²) in [6, 6.07) is 5.21. The van der Waals surface area contributed by atoms with E-state index in [2.05, 4.69) is 16.0 Å². The van der Waals surface area contributed by atoms with Crippen LogP contribution in [-0.4, -0.2) is 58.0 Å². The van der Waals surface area contributed by atoms with Crippen LogP contribution in [-0.2, 0) is 22.7 Å². The number of carbonyl (C=O) groups excluding carboxylic acids is 3. The van der Waals surface area contributed by atoms with Crippen LogP contribution < -0.4 is 16.0 Å². The summed E-state index contributed by atoms with van der Waals surface area (Å²) < 4.78 is 0. The fourth-order valence-corrected chi connectivity index (χ4v) is 5.35. The summed E-state index contributed by atoms with van der Waals surface area (Å²) in [6.45, 7) is 2.53. The van der Waals surface area contributed by atoms with Gasteiger partial charge in [0.1, 0.15) is 6.04 Å². The molecule has 3 aliphatic heterocycles. The van der Waals surface area contributed by atoms with Gasteiger partial charge >= 0.3 is 0 Å². The predicted molar refractivity (Wildman–Crippen MR) is 108 cm³/mol. The van der Waals surface area contributed by atoms with E-state index < -0.39 is 17.6 Å². The van der Waals surface area contributed by atoms with Crippen LogP contribution in [0.5, 0.6) is 0 Å². The van der Waals surface area contributed by atoms with Crippen LogP contribution in [0.2, 0.25) is 0 Å². The van der Waals surface area contributed by atoms with Gasteiger partial charge in [-0.1, -0.05) is 18.2 Å². The average Bonchev–Trinajstić information content (AvgIpc) is 3.46. The van der Waals surface area contributed by atoms with Crippen LogP contribution in [0.1, 0.15) is 60.0 Å². The standard InChI is InChI=1S/C22H28N4O4/c27-17-5-4-16(19(28)25-17)26-13-15-3-1-2-14(18(15)20(26)29)12-24-21(6-7-21)22(30)8-10-23-11-9-22/h1-3,16,23-24,30H,4-13H2,(H,25,27,28). The fourth-order valence-electron chi connectivity index (χ4n) is 5.35. The lowest BCUT2D eigenvalue weighted by Gasteiger charge is -2.40. The summed E-state index contributed by atoms with van der Waals surface area (Å²) in [4.78, 5) is 38.6. The minimum absolute atomic E-state index is 0.151. The summed E-state index contributed by atoms with van der Waals surface area (Å²) >= 11 is 0. The summed E-state index contributed by atoms with van der Waals surface area (Å²) in [7, 11) is 0. The van der Waals surface area contributed by atoms with Crippen LogP contribution in [0.3, 0.4) is 0 Å². The number of piperidine rings is 2. The van der Waals surface area contributed by atoms with Crippen molar-refractivity contribution in [3.8, 4) is 0 Å². The van der Waals surface area contributed by atoms with Crippen LogP contribution in [0.15, 0.2) is 18.2 Å². The maximum absolute atomic E-state index is 13.2. The maximum atomic E-state index is 13.2. The number of nitrogens with one attached hydrogen (secondary N) is 3. The zero-order chi connectivity index (χ0) is 20.9. The molecule has 160 valence electrons. The van der Waals surface area contributed by atoms with Crippen LogP contribution in [0.25, 0.3) is 0 Å². The first-order valence-electron chi connectivity index (χ1n) is 10.9. The maximum Gasteiger partial charge on any atom is 0.255 e. The lowest BCUT2D eigenvalue weighted by atomic mass is 9.82. The van der Waals surface area contributed by atoms with E-state index in [1.54, 1.807) is 4.90 Å². The summed E-state index contributed by atoms with van der Waals surface area (Å²) in [6.07, 6.45) is 3.96. The second kappa shape index (κ2) is 7.14. The van der Waals surface area contributed by atoms with Crippen molar-refractivity contribution in [2.24, 2.45) is 0 Å². The van der Waals surface area contributed by atoms with Crippen molar-refractivity contribution in [3.05, 3.63) is 34.9 Å². The Kier molecular flexibility index (Phi) is 4.68. The highest BCUT2D eigenvalue weighted by molar-refractivity contribution is 6.06. The van der Waals surface area contributed by atoms with Crippen LogP contribution in [0, 0.1) is 0 Å². The first kappa shape index (κ1) is 19.7. The fraction of sp³-hybridized carbons (Fsp3) is 0.591. The molecule has 1 aromatic rings. The Hall–Kier alpha value is -2.29. The number of imide groups is 1. The molecule has 1 atom stereocenters. The van der Waals surface area contributed by atoms with Crippen molar-refractivity contribution < 1.29 is 19.5 Å². The van der Waals surface area contributed by atoms with Gasteiger partial charge in [0.2, 0.25) is 11.8 Å². The van der Waals surface area contributed by atoms with Crippen molar-refractivity contribution in [1.29, 1.82) is 0 Å². The van der Waals surface area contributed by atoms with E-state index >= 15 is 0 Å². The van der Waals surface area contributed by atoms with Gasteiger partial charge in [0.25, 0.3) is 5.91 Å². The minimum Gasteiger partial charge on any atom is -0.388 e. The Balaban J connectivity index is 1.33. The molecule has 0 bridgehead atoms. The van der Waals surface area contributed by atoms with E-state index in [9.17, 15) is 19.5 Å². The SMILES string of the molecule is O=C1CCC(N2Cc3cccc(CNC4(C5(O)CCNCC5)CC4)c3C2=O)C(=O)N1. The van der Waals surface area contributed by atoms with Crippen molar-refractivity contribution in [2.45, 2.75) is 68.8 Å². The van der Waals surface area contributed by atoms with Crippen molar-refractivity contribution in [1.82, 2.24) is 20.9 Å². The number of aliphatic hydroxyl groups is 1. The molecular weight excluding hydrogens is 384 g/mol. The highest BCUT2D eigenvalue weighted by atomic mass is 16.3. The number of rotatable bonds is 5. The molecule has 5 rings (SSSR count). The summed E-state index contributed by atoms with van der Waals surface area (Å²) in [5, 5.41) is 20.4. The lowest BCUT2D eigenvalue weighted by Crippen LogP contribution is -2.57. The molecule has 30 heavy (non-hydrogen) atoms. The van der Waals surface area contributed by atoms with Gasteiger partial charge in [-0.15, -0.1) is 0 Å². The average molecular weight is 412 g/mol. The molecular formula is C22H28N4O4. The second-order valence-electron chi connectivity index (χ2n) is 9.07. The zero-order valence-corrected chi connectivity index (χ0v) is 17.0. The van der Waals surface area contributed by atoms with E-state index in [1.807, 2.05) is 18.2 Å². The normalized spacial score (nSPS) is 27.0. The molecule has 4 aliphatic rings. The van der Waals surface area contributed by atoms with Gasteiger partial charge in [-0.25, -0.2) is 0 Å². The lowest BCUT2D eigenvalue weighted by molar-refractivity contribution is -0.136. The van der Waals surface area contributed by atoms with Crippen molar-refractivity contribution >= 4 is 17.7 Å². The van der Waals surface area contributed by atoms with Gasteiger partial charge in [-0.3, -0.25) is 19.7 Å². The third-order valence-electron chi connectivity index (χ3n) is 7.33. The minimum atomic E-state index is -0.709. The van der Waals surface area contributed by atoms with E-state index in [4.69, 9.17) is 0 Å². The molecule has 1 unspecified atom stereocenters. The summed E-state index contributed by atoms with van der Waals surface area (Å²) in [5.74, 6) is -0.824. The molecule has 0 aromatic heterocycles. The highest BCUT2D eigenvalue weighted by Crippen LogP contribution is 2.49. The Morgan fingerprint density at radius 2 is 1.90 bits per heavy atom. The number of fused-ring (bicyclic) bond motifs is 1. The van der Waals surface area contributed by atoms with Crippen LogP contribution in [0.4, 0.5) is 0 Å². The molecule has 1 aromatic carbocycles.